The van der Waals surface area contributed by atoms with Crippen LogP contribution >= 0.6 is 11.6 Å². The number of aromatic amines is 1. The number of hydrogen-bond acceptors (Lipinski definition) is 5. The summed E-state index contributed by atoms with van der Waals surface area (Å²) in [6.07, 6.45) is 3.12. The molecular weight excluding hydrogens is 424 g/mol. The van der Waals surface area contributed by atoms with Crippen LogP contribution in [0.2, 0.25) is 5.02 Å². The van der Waals surface area contributed by atoms with E-state index in [1.165, 1.54) is 5.56 Å². The second kappa shape index (κ2) is 9.76. The maximum absolute atomic E-state index is 6.22. The van der Waals surface area contributed by atoms with Gasteiger partial charge in [-0.3, -0.25) is 0 Å². The minimum Gasteiger partial charge on any atom is -0.493 e. The Morgan fingerprint density at radius 1 is 1.12 bits per heavy atom. The van der Waals surface area contributed by atoms with Crippen molar-refractivity contribution in [3.63, 3.8) is 0 Å². The fraction of sp³-hybridized carbons (Fsp3) is 0.360. The number of aromatic nitrogens is 3. The normalized spacial score (nSPS) is 11.7. The molecule has 0 aliphatic carbocycles. The van der Waals surface area contributed by atoms with Crippen molar-refractivity contribution < 1.29 is 9.15 Å². The van der Waals surface area contributed by atoms with Crippen LogP contribution in [0.15, 0.2) is 47.1 Å². The fourth-order valence-corrected chi connectivity index (χ4v) is 3.63. The molecule has 0 radical (unpaired) electrons. The van der Waals surface area contributed by atoms with Gasteiger partial charge in [0.15, 0.2) is 11.7 Å². The summed E-state index contributed by atoms with van der Waals surface area (Å²) in [6, 6.07) is 12.0. The lowest BCUT2D eigenvalue weighted by molar-refractivity contribution is 0.268. The Bertz CT molecular complexity index is 1200. The van der Waals surface area contributed by atoms with E-state index in [0.29, 0.717) is 41.4 Å². The van der Waals surface area contributed by atoms with Crippen LogP contribution in [-0.4, -0.2) is 47.1 Å². The number of imidazole rings is 1. The van der Waals surface area contributed by atoms with Crippen LogP contribution in [0.25, 0.3) is 22.6 Å². The van der Waals surface area contributed by atoms with E-state index in [1.807, 2.05) is 24.3 Å². The van der Waals surface area contributed by atoms with Crippen LogP contribution in [0.3, 0.4) is 0 Å². The number of fused-ring (bicyclic) bond motifs is 1. The molecular formula is C25H29ClN4O2. The van der Waals surface area contributed by atoms with Crippen molar-refractivity contribution >= 4 is 22.6 Å². The first-order valence-corrected chi connectivity index (χ1v) is 11.2. The highest BCUT2D eigenvalue weighted by Gasteiger charge is 2.14. The second-order valence-electron chi connectivity index (χ2n) is 8.75. The molecule has 32 heavy (non-hydrogen) atoms. The average molecular weight is 453 g/mol. The van der Waals surface area contributed by atoms with Crippen LogP contribution in [-0.2, 0) is 12.8 Å². The Labute approximate surface area is 193 Å². The molecule has 6 nitrogen and oxygen atoms in total. The van der Waals surface area contributed by atoms with Crippen LogP contribution in [0.4, 0.5) is 0 Å². The Morgan fingerprint density at radius 3 is 2.75 bits per heavy atom. The first-order chi connectivity index (χ1) is 15.4. The van der Waals surface area contributed by atoms with Gasteiger partial charge in [-0.1, -0.05) is 31.5 Å². The van der Waals surface area contributed by atoms with Crippen molar-refractivity contribution in [2.45, 2.75) is 26.7 Å². The van der Waals surface area contributed by atoms with Gasteiger partial charge in [0.25, 0.3) is 0 Å². The predicted octanol–water partition coefficient (Wildman–Crippen LogP) is 5.60. The molecule has 0 spiro atoms. The van der Waals surface area contributed by atoms with Crippen molar-refractivity contribution in [2.24, 2.45) is 5.92 Å². The highest BCUT2D eigenvalue weighted by Crippen LogP contribution is 2.27. The Kier molecular flexibility index (Phi) is 6.82. The van der Waals surface area contributed by atoms with E-state index in [0.717, 1.165) is 35.3 Å². The molecule has 0 aliphatic heterocycles. The highest BCUT2D eigenvalue weighted by molar-refractivity contribution is 6.30. The summed E-state index contributed by atoms with van der Waals surface area (Å²) < 4.78 is 11.7. The van der Waals surface area contributed by atoms with Gasteiger partial charge >= 0.3 is 0 Å². The number of H-pyrrole nitrogens is 1. The quantitative estimate of drug-likeness (QED) is 0.358. The monoisotopic (exact) mass is 452 g/mol. The summed E-state index contributed by atoms with van der Waals surface area (Å²) in [5, 5.41) is 0.658. The van der Waals surface area contributed by atoms with Crippen LogP contribution < -0.4 is 4.74 Å². The third-order valence-corrected chi connectivity index (χ3v) is 5.36. The van der Waals surface area contributed by atoms with Crippen molar-refractivity contribution in [1.82, 2.24) is 19.9 Å². The number of rotatable bonds is 9. The molecule has 7 heteroatoms. The average Bonchev–Trinajstić information content (AvgIpc) is 3.38. The molecule has 0 aliphatic rings. The van der Waals surface area contributed by atoms with E-state index >= 15 is 0 Å². The van der Waals surface area contributed by atoms with Crippen molar-refractivity contribution in [1.29, 1.82) is 0 Å². The summed E-state index contributed by atoms with van der Waals surface area (Å²) in [5.74, 6) is 2.52. The SMILES string of the molecule is CC(C)COc1ccc(Cl)cc1Cc1nc(-c2nc3ccc(CCN(C)C)cc3[nH]2)co1. The molecule has 0 atom stereocenters. The van der Waals surface area contributed by atoms with Gasteiger partial charge < -0.3 is 19.0 Å². The molecule has 0 fully saturated rings. The van der Waals surface area contributed by atoms with Gasteiger partial charge in [0.05, 0.1) is 24.1 Å². The van der Waals surface area contributed by atoms with Gasteiger partial charge in [-0.2, -0.15) is 0 Å². The molecule has 0 unspecified atom stereocenters. The largest absolute Gasteiger partial charge is 0.493 e. The molecule has 2 aromatic carbocycles. The van der Waals surface area contributed by atoms with Gasteiger partial charge in [0.2, 0.25) is 0 Å². The lowest BCUT2D eigenvalue weighted by Gasteiger charge is -2.12. The highest BCUT2D eigenvalue weighted by atomic mass is 35.5. The van der Waals surface area contributed by atoms with E-state index < -0.39 is 0 Å². The molecule has 4 rings (SSSR count). The Hall–Kier alpha value is -2.83. The van der Waals surface area contributed by atoms with Gasteiger partial charge in [-0.25, -0.2) is 9.97 Å². The molecule has 1 N–H and O–H groups in total. The molecule has 0 amide bonds. The third-order valence-electron chi connectivity index (χ3n) is 5.12. The zero-order chi connectivity index (χ0) is 22.7. The predicted molar refractivity (Wildman–Crippen MR) is 128 cm³/mol. The number of oxazole rings is 1. The van der Waals surface area contributed by atoms with Gasteiger partial charge in [-0.15, -0.1) is 0 Å². The summed E-state index contributed by atoms with van der Waals surface area (Å²) >= 11 is 6.22. The molecule has 2 aromatic heterocycles. The van der Waals surface area contributed by atoms with E-state index in [4.69, 9.17) is 20.8 Å². The molecule has 4 aromatic rings. The zero-order valence-corrected chi connectivity index (χ0v) is 19.7. The smallest absolute Gasteiger partial charge is 0.199 e. The molecule has 0 saturated carbocycles. The second-order valence-corrected chi connectivity index (χ2v) is 9.19. The molecule has 168 valence electrons. The third kappa shape index (κ3) is 5.50. The van der Waals surface area contributed by atoms with Crippen molar-refractivity contribution in [2.75, 3.05) is 27.2 Å². The molecule has 0 saturated heterocycles. The molecule has 0 bridgehead atoms. The summed E-state index contributed by atoms with van der Waals surface area (Å²) in [4.78, 5) is 14.9. The maximum atomic E-state index is 6.22. The Morgan fingerprint density at radius 2 is 1.97 bits per heavy atom. The van der Waals surface area contributed by atoms with Crippen LogP contribution in [0.5, 0.6) is 5.75 Å². The van der Waals surface area contributed by atoms with Crippen molar-refractivity contribution in [3.05, 3.63) is 64.7 Å². The minimum atomic E-state index is 0.434. The number of benzene rings is 2. The molecule has 2 heterocycles. The zero-order valence-electron chi connectivity index (χ0n) is 19.0. The van der Waals surface area contributed by atoms with E-state index in [-0.39, 0.29) is 0 Å². The van der Waals surface area contributed by atoms with Crippen LogP contribution in [0.1, 0.15) is 30.9 Å². The lowest BCUT2D eigenvalue weighted by Crippen LogP contribution is -2.14. The van der Waals surface area contributed by atoms with E-state index in [2.05, 4.69) is 59.9 Å². The summed E-state index contributed by atoms with van der Waals surface area (Å²) in [6.45, 7) is 5.88. The van der Waals surface area contributed by atoms with E-state index in [1.54, 1.807) is 6.26 Å². The lowest BCUT2D eigenvalue weighted by atomic mass is 10.1. The number of ether oxygens (including phenoxy) is 1. The number of nitrogens with one attached hydrogen (secondary N) is 1. The maximum Gasteiger partial charge on any atom is 0.199 e. The van der Waals surface area contributed by atoms with Gasteiger partial charge in [0, 0.05) is 17.1 Å². The number of likely N-dealkylation sites (N-methyl/N-ethyl adjacent to an activating group) is 1. The van der Waals surface area contributed by atoms with Crippen LogP contribution in [0, 0.1) is 5.92 Å². The van der Waals surface area contributed by atoms with E-state index in [9.17, 15) is 0 Å². The first-order valence-electron chi connectivity index (χ1n) is 10.9. The first kappa shape index (κ1) is 22.4. The van der Waals surface area contributed by atoms with Crippen molar-refractivity contribution in [3.8, 4) is 17.3 Å². The number of halogens is 1. The summed E-state index contributed by atoms with van der Waals surface area (Å²) in [7, 11) is 4.16. The standard InChI is InChI=1S/C25H29ClN4O2/c1-16(2)14-31-23-8-6-19(26)12-18(23)13-24-27-22(15-32-24)25-28-20-7-5-17(9-10-30(3)4)11-21(20)29-25/h5-8,11-12,15-16H,9-10,13-14H2,1-4H3,(H,28,29). The fourth-order valence-electron chi connectivity index (χ4n) is 3.43. The van der Waals surface area contributed by atoms with Gasteiger partial charge in [0.1, 0.15) is 17.7 Å². The topological polar surface area (TPSA) is 67.2 Å². The minimum absolute atomic E-state index is 0.434. The Balaban J connectivity index is 1.53. The summed E-state index contributed by atoms with van der Waals surface area (Å²) in [5.41, 5.74) is 4.81. The number of hydrogen-bond donors (Lipinski definition) is 1. The van der Waals surface area contributed by atoms with Gasteiger partial charge in [-0.05, 0) is 62.3 Å². The number of nitrogens with zero attached hydrogens (tertiary/aromatic N) is 3.